The summed E-state index contributed by atoms with van der Waals surface area (Å²) in [5.74, 6) is 2.18. The van der Waals surface area contributed by atoms with Crippen molar-refractivity contribution in [2.24, 2.45) is 28.2 Å². The van der Waals surface area contributed by atoms with Crippen molar-refractivity contribution in [1.29, 1.82) is 0 Å². The summed E-state index contributed by atoms with van der Waals surface area (Å²) in [6.45, 7) is 14.7. The first-order valence-corrected chi connectivity index (χ1v) is 7.49. The van der Waals surface area contributed by atoms with Gasteiger partial charge in [-0.05, 0) is 56.3 Å². The lowest BCUT2D eigenvalue weighted by molar-refractivity contribution is 0.250. The van der Waals surface area contributed by atoms with Gasteiger partial charge in [0, 0.05) is 12.8 Å². The molecule has 3 unspecified atom stereocenters. The van der Waals surface area contributed by atoms with Gasteiger partial charge in [0.05, 0.1) is 0 Å². The average Bonchev–Trinajstić information content (AvgIpc) is 2.21. The van der Waals surface area contributed by atoms with Gasteiger partial charge in [0.25, 0.3) is 0 Å². The molecule has 0 aromatic carbocycles. The van der Waals surface area contributed by atoms with E-state index in [4.69, 9.17) is 0 Å². The Morgan fingerprint density at radius 1 is 1.44 bits per heavy atom. The fourth-order valence-electron chi connectivity index (χ4n) is 3.21. The normalized spacial score (nSPS) is 27.3. The molecular weight excluding hydrogens is 218 g/mol. The Kier molecular flexibility index (Phi) is 5.62. The van der Waals surface area contributed by atoms with Crippen LogP contribution in [0.1, 0.15) is 60.8 Å². The quantitative estimate of drug-likeness (QED) is 0.484. The molecule has 0 radical (unpaired) electrons. The lowest BCUT2D eigenvalue weighted by Gasteiger charge is -2.34. The van der Waals surface area contributed by atoms with Gasteiger partial charge in [-0.15, -0.1) is 0 Å². The largest absolute Gasteiger partial charge is 0.298 e. The second kappa shape index (κ2) is 6.54. The Balaban J connectivity index is 2.77. The molecule has 0 bridgehead atoms. The van der Waals surface area contributed by atoms with Gasteiger partial charge in [-0.2, -0.15) is 0 Å². The van der Waals surface area contributed by atoms with Crippen molar-refractivity contribution in [3.63, 3.8) is 0 Å². The van der Waals surface area contributed by atoms with Crippen molar-refractivity contribution in [3.8, 4) is 0 Å². The number of hydrogen-bond acceptors (Lipinski definition) is 1. The number of aliphatic imine (C=N–C) groups is 1. The highest BCUT2D eigenvalue weighted by molar-refractivity contribution is 5.61. The molecule has 0 spiro atoms. The van der Waals surface area contributed by atoms with Crippen molar-refractivity contribution in [1.82, 2.24) is 0 Å². The lowest BCUT2D eigenvalue weighted by Crippen LogP contribution is -2.26. The van der Waals surface area contributed by atoms with Crippen molar-refractivity contribution in [3.05, 3.63) is 11.6 Å². The third kappa shape index (κ3) is 5.37. The fraction of sp³-hybridized carbons (Fsp3) is 0.824. The summed E-state index contributed by atoms with van der Waals surface area (Å²) in [6.07, 6.45) is 8.54. The van der Waals surface area contributed by atoms with Crippen LogP contribution in [0.25, 0.3) is 0 Å². The van der Waals surface area contributed by atoms with Gasteiger partial charge in [-0.1, -0.05) is 39.3 Å². The highest BCUT2D eigenvalue weighted by Crippen LogP contribution is 2.37. The Labute approximate surface area is 114 Å². The van der Waals surface area contributed by atoms with Gasteiger partial charge in [0.1, 0.15) is 0 Å². The van der Waals surface area contributed by atoms with E-state index in [-0.39, 0.29) is 0 Å². The predicted octanol–water partition coefficient (Wildman–Crippen LogP) is 5.12. The van der Waals surface area contributed by atoms with Crippen molar-refractivity contribution in [2.75, 3.05) is 6.54 Å². The zero-order valence-corrected chi connectivity index (χ0v) is 13.2. The summed E-state index contributed by atoms with van der Waals surface area (Å²) in [5.41, 5.74) is 1.96. The molecule has 104 valence electrons. The molecule has 0 saturated carbocycles. The van der Waals surface area contributed by atoms with E-state index in [0.29, 0.717) is 11.3 Å². The van der Waals surface area contributed by atoms with E-state index in [1.54, 1.807) is 5.57 Å². The number of nitrogens with zero attached hydrogens (tertiary/aromatic N) is 1. The maximum absolute atomic E-state index is 4.54. The van der Waals surface area contributed by atoms with Crippen LogP contribution in [0.5, 0.6) is 0 Å². The summed E-state index contributed by atoms with van der Waals surface area (Å²) in [4.78, 5) is 4.54. The van der Waals surface area contributed by atoms with Gasteiger partial charge in [0.15, 0.2) is 0 Å². The van der Waals surface area contributed by atoms with E-state index in [1.807, 2.05) is 0 Å². The van der Waals surface area contributed by atoms with Crippen LogP contribution in [0.15, 0.2) is 16.6 Å². The van der Waals surface area contributed by atoms with Crippen LogP contribution in [0.3, 0.4) is 0 Å². The van der Waals surface area contributed by atoms with Gasteiger partial charge < -0.3 is 0 Å². The van der Waals surface area contributed by atoms with Gasteiger partial charge in [-0.25, -0.2) is 0 Å². The molecule has 0 saturated heterocycles. The summed E-state index contributed by atoms with van der Waals surface area (Å²) < 4.78 is 0. The predicted molar refractivity (Wildman–Crippen MR) is 82.2 cm³/mol. The molecule has 0 amide bonds. The molecule has 0 N–H and O–H groups in total. The smallest absolute Gasteiger partial charge is 0.0357 e. The number of hydrogen-bond donors (Lipinski definition) is 0. The maximum atomic E-state index is 4.54. The second-order valence-corrected chi connectivity index (χ2v) is 7.27. The van der Waals surface area contributed by atoms with E-state index in [9.17, 15) is 0 Å². The monoisotopic (exact) mass is 249 g/mol. The van der Waals surface area contributed by atoms with Crippen molar-refractivity contribution >= 4 is 6.21 Å². The molecule has 1 nitrogen and oxygen atoms in total. The molecule has 3 atom stereocenters. The van der Waals surface area contributed by atoms with E-state index in [2.05, 4.69) is 58.8 Å². The Hall–Kier alpha value is -0.590. The minimum atomic E-state index is 0.392. The third-order valence-electron chi connectivity index (χ3n) is 3.76. The highest BCUT2D eigenvalue weighted by atomic mass is 14.7. The zero-order chi connectivity index (χ0) is 13.8. The van der Waals surface area contributed by atoms with Crippen LogP contribution in [-0.2, 0) is 0 Å². The second-order valence-electron chi connectivity index (χ2n) is 7.27. The lowest BCUT2D eigenvalue weighted by atomic mass is 9.71. The van der Waals surface area contributed by atoms with Crippen molar-refractivity contribution in [2.45, 2.75) is 60.8 Å². The third-order valence-corrected chi connectivity index (χ3v) is 3.76. The molecule has 1 aliphatic carbocycles. The first-order valence-electron chi connectivity index (χ1n) is 7.49. The first kappa shape index (κ1) is 15.5. The summed E-state index contributed by atoms with van der Waals surface area (Å²) in [7, 11) is 0. The molecule has 1 rings (SSSR count). The first-order chi connectivity index (χ1) is 8.31. The molecular formula is C17H31N. The maximum Gasteiger partial charge on any atom is 0.0357 e. The van der Waals surface area contributed by atoms with Crippen LogP contribution in [0.4, 0.5) is 0 Å². The van der Waals surface area contributed by atoms with Crippen LogP contribution in [-0.4, -0.2) is 12.8 Å². The molecule has 18 heavy (non-hydrogen) atoms. The zero-order valence-electron chi connectivity index (χ0n) is 13.2. The molecule has 0 aromatic rings. The molecule has 0 fully saturated rings. The van der Waals surface area contributed by atoms with Crippen LogP contribution < -0.4 is 0 Å². The molecule has 0 heterocycles. The van der Waals surface area contributed by atoms with Gasteiger partial charge in [-0.3, -0.25) is 4.99 Å². The minimum Gasteiger partial charge on any atom is -0.298 e. The standard InChI is InChI=1S/C17H31N/c1-7-18-12-16(11-17(4,5)6)15-9-13(2)8-14(3)10-15/h8,12-13,15-16H,7,9-11H2,1-6H3. The fourth-order valence-corrected chi connectivity index (χ4v) is 3.21. The van der Waals surface area contributed by atoms with Gasteiger partial charge in [0.2, 0.25) is 0 Å². The molecule has 1 heteroatoms. The molecule has 0 aromatic heterocycles. The Morgan fingerprint density at radius 3 is 2.61 bits per heavy atom. The minimum absolute atomic E-state index is 0.392. The number of allylic oxidation sites excluding steroid dienone is 2. The van der Waals surface area contributed by atoms with E-state index in [0.717, 1.165) is 18.4 Å². The van der Waals surface area contributed by atoms with E-state index in [1.165, 1.54) is 19.3 Å². The summed E-state index contributed by atoms with van der Waals surface area (Å²) >= 11 is 0. The van der Waals surface area contributed by atoms with E-state index >= 15 is 0 Å². The average molecular weight is 249 g/mol. The van der Waals surface area contributed by atoms with Crippen LogP contribution in [0.2, 0.25) is 0 Å². The van der Waals surface area contributed by atoms with Crippen LogP contribution >= 0.6 is 0 Å². The van der Waals surface area contributed by atoms with Crippen LogP contribution in [0, 0.1) is 23.2 Å². The summed E-state index contributed by atoms with van der Waals surface area (Å²) in [5, 5.41) is 0. The van der Waals surface area contributed by atoms with E-state index < -0.39 is 0 Å². The number of rotatable bonds is 4. The molecule has 1 aliphatic rings. The Morgan fingerprint density at radius 2 is 2.11 bits per heavy atom. The topological polar surface area (TPSA) is 12.4 Å². The van der Waals surface area contributed by atoms with Gasteiger partial charge >= 0.3 is 0 Å². The SMILES string of the molecule is CCN=CC(CC(C)(C)C)C1CC(C)=CC(C)C1. The summed E-state index contributed by atoms with van der Waals surface area (Å²) in [6, 6.07) is 0. The highest BCUT2D eigenvalue weighted by Gasteiger charge is 2.28. The Bertz CT molecular complexity index is 306. The molecule has 0 aliphatic heterocycles. The van der Waals surface area contributed by atoms with Crippen molar-refractivity contribution < 1.29 is 0 Å².